The van der Waals surface area contributed by atoms with E-state index in [4.69, 9.17) is 9.73 Å². The zero-order valence-corrected chi connectivity index (χ0v) is 14.2. The summed E-state index contributed by atoms with van der Waals surface area (Å²) in [5.41, 5.74) is 2.46. The maximum absolute atomic E-state index is 5.40. The highest BCUT2D eigenvalue weighted by Crippen LogP contribution is 2.24. The summed E-state index contributed by atoms with van der Waals surface area (Å²) in [6.45, 7) is 6.78. The number of methoxy groups -OCH3 is 1. The first-order valence-corrected chi connectivity index (χ1v) is 8.61. The molecule has 1 fully saturated rings. The molecular formula is C18H32N2O. The fourth-order valence-corrected chi connectivity index (χ4v) is 3.34. The number of allylic oxidation sites excluding steroid dienone is 1. The van der Waals surface area contributed by atoms with Crippen molar-refractivity contribution in [2.24, 2.45) is 10.9 Å². The summed E-state index contributed by atoms with van der Waals surface area (Å²) in [5.74, 6) is 0.911. The lowest BCUT2D eigenvalue weighted by Gasteiger charge is -2.30. The Morgan fingerprint density at radius 2 is 2.00 bits per heavy atom. The molecule has 2 aliphatic rings. The molecule has 0 aliphatic heterocycles. The van der Waals surface area contributed by atoms with Crippen LogP contribution in [-0.4, -0.2) is 31.0 Å². The van der Waals surface area contributed by atoms with Crippen LogP contribution in [0.25, 0.3) is 0 Å². The molecule has 0 aromatic carbocycles. The molecule has 0 bridgehead atoms. The Bertz CT molecular complexity index is 381. The van der Waals surface area contributed by atoms with Crippen LogP contribution in [0.4, 0.5) is 0 Å². The molecule has 1 saturated carbocycles. The fraction of sp³-hybridized carbons (Fsp3) is 0.833. The number of ether oxygens (including phenoxy) is 1. The van der Waals surface area contributed by atoms with Gasteiger partial charge >= 0.3 is 0 Å². The van der Waals surface area contributed by atoms with Crippen molar-refractivity contribution in [1.29, 1.82) is 0 Å². The zero-order valence-electron chi connectivity index (χ0n) is 14.2. The summed E-state index contributed by atoms with van der Waals surface area (Å²) >= 11 is 0. The van der Waals surface area contributed by atoms with Crippen LogP contribution in [0.15, 0.2) is 16.8 Å². The molecule has 0 spiro atoms. The number of nitrogens with one attached hydrogen (secondary N) is 1. The number of nitrogens with zero attached hydrogens (tertiary/aromatic N) is 1. The second-order valence-electron chi connectivity index (χ2n) is 6.93. The van der Waals surface area contributed by atoms with E-state index in [2.05, 4.69) is 32.2 Å². The number of hydrogen-bond acceptors (Lipinski definition) is 3. The van der Waals surface area contributed by atoms with Crippen LogP contribution in [0, 0.1) is 5.92 Å². The van der Waals surface area contributed by atoms with Gasteiger partial charge in [0, 0.05) is 30.6 Å². The molecule has 0 radical (unpaired) electrons. The van der Waals surface area contributed by atoms with Gasteiger partial charge in [-0.05, 0) is 64.7 Å². The molecule has 3 nitrogen and oxygen atoms in total. The van der Waals surface area contributed by atoms with Crippen LogP contribution < -0.4 is 5.32 Å². The van der Waals surface area contributed by atoms with E-state index in [0.717, 1.165) is 25.2 Å². The largest absolute Gasteiger partial charge is 0.381 e. The molecule has 2 unspecified atom stereocenters. The van der Waals surface area contributed by atoms with E-state index >= 15 is 0 Å². The zero-order chi connectivity index (χ0) is 15.2. The van der Waals surface area contributed by atoms with E-state index in [1.54, 1.807) is 7.11 Å². The van der Waals surface area contributed by atoms with Crippen LogP contribution in [-0.2, 0) is 4.74 Å². The van der Waals surface area contributed by atoms with Gasteiger partial charge in [-0.3, -0.25) is 4.99 Å². The van der Waals surface area contributed by atoms with Crippen LogP contribution in [0.1, 0.15) is 65.7 Å². The summed E-state index contributed by atoms with van der Waals surface area (Å²) in [7, 11) is 1.80. The van der Waals surface area contributed by atoms with Gasteiger partial charge in [-0.15, -0.1) is 0 Å². The highest BCUT2D eigenvalue weighted by Gasteiger charge is 2.20. The minimum atomic E-state index is 0.379. The molecule has 120 valence electrons. The molecular weight excluding hydrogens is 260 g/mol. The van der Waals surface area contributed by atoms with Gasteiger partial charge in [0.1, 0.15) is 0 Å². The van der Waals surface area contributed by atoms with E-state index in [9.17, 15) is 0 Å². The Balaban J connectivity index is 1.83. The number of aliphatic imine (C=N–C) groups is 1. The van der Waals surface area contributed by atoms with Crippen LogP contribution in [0.5, 0.6) is 0 Å². The van der Waals surface area contributed by atoms with Gasteiger partial charge in [0.25, 0.3) is 0 Å². The lowest BCUT2D eigenvalue weighted by atomic mass is 9.87. The molecule has 0 amide bonds. The minimum Gasteiger partial charge on any atom is -0.381 e. The minimum absolute atomic E-state index is 0.379. The Morgan fingerprint density at radius 1 is 1.29 bits per heavy atom. The maximum Gasteiger partial charge on any atom is 0.0610 e. The third-order valence-electron chi connectivity index (χ3n) is 5.12. The van der Waals surface area contributed by atoms with Gasteiger partial charge in [0.15, 0.2) is 0 Å². The Morgan fingerprint density at radius 3 is 2.57 bits per heavy atom. The first-order chi connectivity index (χ1) is 10.1. The summed E-state index contributed by atoms with van der Waals surface area (Å²) in [5, 5.41) is 3.77. The molecule has 3 heteroatoms. The van der Waals surface area contributed by atoms with Gasteiger partial charge in [0.05, 0.1) is 6.10 Å². The van der Waals surface area contributed by atoms with E-state index in [1.165, 1.54) is 37.1 Å². The number of hydrogen-bond donors (Lipinski definition) is 1. The Kier molecular flexibility index (Phi) is 6.43. The average molecular weight is 292 g/mol. The molecule has 2 atom stereocenters. The second-order valence-corrected chi connectivity index (χ2v) is 6.93. The molecule has 2 aliphatic carbocycles. The summed E-state index contributed by atoms with van der Waals surface area (Å²) < 4.78 is 5.40. The molecule has 2 rings (SSSR count). The number of rotatable bonds is 5. The van der Waals surface area contributed by atoms with Crippen LogP contribution in [0.2, 0.25) is 0 Å². The highest BCUT2D eigenvalue weighted by atomic mass is 16.5. The van der Waals surface area contributed by atoms with Gasteiger partial charge in [0.2, 0.25) is 0 Å². The first-order valence-electron chi connectivity index (χ1n) is 8.61. The van der Waals surface area contributed by atoms with Crippen molar-refractivity contribution in [1.82, 2.24) is 5.32 Å². The van der Waals surface area contributed by atoms with E-state index in [-0.39, 0.29) is 0 Å². The topological polar surface area (TPSA) is 33.6 Å². The molecule has 0 aromatic heterocycles. The van der Waals surface area contributed by atoms with E-state index in [1.807, 2.05) is 0 Å². The Hall–Kier alpha value is -0.670. The predicted octanol–water partition coefficient (Wildman–Crippen LogP) is 4.09. The Labute approximate surface area is 130 Å². The first kappa shape index (κ1) is 16.7. The lowest BCUT2D eigenvalue weighted by molar-refractivity contribution is 0.0939. The summed E-state index contributed by atoms with van der Waals surface area (Å²) in [6.07, 6.45) is 11.2. The standard InChI is InChI=1S/C18H32N2O/c1-13-5-7-16(8-6-13)19-14(2)15(3)20-17-9-11-18(21-4)12-10-17/h9,13-14,16,18-19H,5-8,10-12H2,1-4H3. The van der Waals surface area contributed by atoms with E-state index < -0.39 is 0 Å². The molecule has 1 N–H and O–H groups in total. The van der Waals surface area contributed by atoms with Gasteiger partial charge in [-0.2, -0.15) is 0 Å². The van der Waals surface area contributed by atoms with E-state index in [0.29, 0.717) is 18.2 Å². The van der Waals surface area contributed by atoms with Gasteiger partial charge in [-0.1, -0.05) is 13.0 Å². The van der Waals surface area contributed by atoms with Crippen molar-refractivity contribution < 1.29 is 4.74 Å². The molecule has 0 saturated heterocycles. The van der Waals surface area contributed by atoms with Crippen molar-refractivity contribution in [3.05, 3.63) is 11.8 Å². The fourth-order valence-electron chi connectivity index (χ4n) is 3.34. The smallest absolute Gasteiger partial charge is 0.0610 e. The molecule has 0 aromatic rings. The van der Waals surface area contributed by atoms with Crippen molar-refractivity contribution in [3.63, 3.8) is 0 Å². The van der Waals surface area contributed by atoms with Crippen molar-refractivity contribution in [3.8, 4) is 0 Å². The van der Waals surface area contributed by atoms with Gasteiger partial charge < -0.3 is 10.1 Å². The third kappa shape index (κ3) is 5.23. The maximum atomic E-state index is 5.40. The third-order valence-corrected chi connectivity index (χ3v) is 5.12. The van der Waals surface area contributed by atoms with Gasteiger partial charge in [-0.25, -0.2) is 0 Å². The second kappa shape index (κ2) is 8.09. The van der Waals surface area contributed by atoms with Crippen molar-refractivity contribution >= 4 is 5.71 Å². The van der Waals surface area contributed by atoms with Crippen molar-refractivity contribution in [2.45, 2.75) is 83.9 Å². The van der Waals surface area contributed by atoms with Crippen LogP contribution >= 0.6 is 0 Å². The van der Waals surface area contributed by atoms with Crippen LogP contribution in [0.3, 0.4) is 0 Å². The summed E-state index contributed by atoms with van der Waals surface area (Å²) in [4.78, 5) is 4.84. The quantitative estimate of drug-likeness (QED) is 0.774. The average Bonchev–Trinajstić information content (AvgIpc) is 2.50. The SMILES string of the molecule is COC1CC=C(N=C(C)C(C)NC2CCC(C)CC2)CC1. The molecule has 21 heavy (non-hydrogen) atoms. The van der Waals surface area contributed by atoms with Crippen molar-refractivity contribution in [2.75, 3.05) is 7.11 Å². The lowest BCUT2D eigenvalue weighted by Crippen LogP contribution is -2.42. The predicted molar refractivity (Wildman–Crippen MR) is 89.9 cm³/mol. The monoisotopic (exact) mass is 292 g/mol. The normalized spacial score (nSPS) is 32.7. The molecule has 0 heterocycles. The highest BCUT2D eigenvalue weighted by molar-refractivity contribution is 5.87. The summed E-state index contributed by atoms with van der Waals surface area (Å²) in [6, 6.07) is 1.06.